The lowest BCUT2D eigenvalue weighted by atomic mass is 10.00. The van der Waals surface area contributed by atoms with Gasteiger partial charge in [0.1, 0.15) is 17.6 Å². The first-order valence-corrected chi connectivity index (χ1v) is 9.03. The van der Waals surface area contributed by atoms with Gasteiger partial charge in [-0.25, -0.2) is 4.98 Å². The minimum atomic E-state index is -0.813. The van der Waals surface area contributed by atoms with E-state index in [1.54, 1.807) is 0 Å². The number of carbonyl (C=O) groups is 1. The second kappa shape index (κ2) is 7.09. The van der Waals surface area contributed by atoms with Crippen LogP contribution < -0.4 is 4.74 Å². The molecule has 0 aliphatic carbocycles. The van der Waals surface area contributed by atoms with E-state index in [1.807, 2.05) is 42.2 Å². The van der Waals surface area contributed by atoms with E-state index in [0.717, 1.165) is 48.8 Å². The molecule has 1 aromatic heterocycles. The second-order valence-corrected chi connectivity index (χ2v) is 6.94. The number of ether oxygens (including phenoxy) is 1. The Hall–Kier alpha value is -2.38. The topological polar surface area (TPSA) is 70.8 Å². The number of aryl methyl sites for hydroxylation is 1. The Morgan fingerprint density at radius 2 is 2.12 bits per heavy atom. The van der Waals surface area contributed by atoms with Crippen molar-refractivity contribution in [3.63, 3.8) is 0 Å². The largest absolute Gasteiger partial charge is 0.493 e. The lowest BCUT2D eigenvalue weighted by Crippen LogP contribution is -2.49. The molecule has 1 saturated heterocycles. The van der Waals surface area contributed by atoms with Crippen LogP contribution in [0.3, 0.4) is 0 Å². The zero-order valence-corrected chi connectivity index (χ0v) is 15.0. The third-order valence-corrected chi connectivity index (χ3v) is 5.33. The van der Waals surface area contributed by atoms with Gasteiger partial charge in [0, 0.05) is 57.6 Å². The van der Waals surface area contributed by atoms with Crippen LogP contribution in [0, 0.1) is 0 Å². The number of piperazine rings is 1. The Kier molecular flexibility index (Phi) is 4.65. The van der Waals surface area contributed by atoms with Crippen LogP contribution in [0.2, 0.25) is 0 Å². The number of aromatic nitrogens is 2. The Morgan fingerprint density at radius 3 is 2.81 bits per heavy atom. The van der Waals surface area contributed by atoms with E-state index >= 15 is 0 Å². The normalized spacial score (nSPS) is 19.1. The highest BCUT2D eigenvalue weighted by Crippen LogP contribution is 2.36. The van der Waals surface area contributed by atoms with Gasteiger partial charge in [-0.2, -0.15) is 0 Å². The Bertz CT molecular complexity index is 796. The van der Waals surface area contributed by atoms with Gasteiger partial charge < -0.3 is 14.4 Å². The molecule has 0 saturated carbocycles. The highest BCUT2D eigenvalue weighted by atomic mass is 16.5. The van der Waals surface area contributed by atoms with Crippen molar-refractivity contribution in [2.24, 2.45) is 7.05 Å². The molecule has 0 radical (unpaired) electrons. The Labute approximate surface area is 152 Å². The molecule has 2 aliphatic heterocycles. The molecule has 3 heterocycles. The molecule has 138 valence electrons. The summed E-state index contributed by atoms with van der Waals surface area (Å²) in [5.74, 6) is 0.990. The van der Waals surface area contributed by atoms with Crippen molar-refractivity contribution in [2.45, 2.75) is 19.0 Å². The van der Waals surface area contributed by atoms with Gasteiger partial charge in [-0.15, -0.1) is 0 Å². The molecule has 1 N–H and O–H groups in total. The van der Waals surface area contributed by atoms with Crippen LogP contribution in [-0.4, -0.2) is 63.2 Å². The quantitative estimate of drug-likeness (QED) is 0.871. The molecule has 1 atom stereocenters. The predicted molar refractivity (Wildman–Crippen MR) is 96.1 cm³/mol. The molecular weight excluding hydrogens is 332 g/mol. The van der Waals surface area contributed by atoms with Crippen LogP contribution in [-0.2, 0) is 24.8 Å². The summed E-state index contributed by atoms with van der Waals surface area (Å²) in [6.07, 6.45) is 4.61. The molecule has 0 amide bonds. The maximum Gasteiger partial charge on any atom is 0.325 e. The highest BCUT2D eigenvalue weighted by Gasteiger charge is 2.34. The average molecular weight is 356 g/mol. The number of rotatable bonds is 5. The summed E-state index contributed by atoms with van der Waals surface area (Å²) in [5, 5.41) is 9.90. The van der Waals surface area contributed by atoms with E-state index in [1.165, 1.54) is 0 Å². The first-order chi connectivity index (χ1) is 12.6. The van der Waals surface area contributed by atoms with Gasteiger partial charge >= 0.3 is 5.97 Å². The Morgan fingerprint density at radius 1 is 1.31 bits per heavy atom. The van der Waals surface area contributed by atoms with Crippen LogP contribution in [0.4, 0.5) is 0 Å². The summed E-state index contributed by atoms with van der Waals surface area (Å²) in [6.45, 7) is 4.50. The van der Waals surface area contributed by atoms with Crippen molar-refractivity contribution in [3.05, 3.63) is 47.5 Å². The summed E-state index contributed by atoms with van der Waals surface area (Å²) in [7, 11) is 2.00. The maximum atomic E-state index is 12.1. The van der Waals surface area contributed by atoms with Crippen LogP contribution in [0.5, 0.6) is 5.75 Å². The van der Waals surface area contributed by atoms with Crippen LogP contribution in [0.15, 0.2) is 30.6 Å². The smallest absolute Gasteiger partial charge is 0.325 e. The van der Waals surface area contributed by atoms with Crippen LogP contribution in [0.25, 0.3) is 0 Å². The number of benzene rings is 1. The zero-order valence-electron chi connectivity index (χ0n) is 15.0. The number of aliphatic carboxylic acids is 1. The zero-order chi connectivity index (χ0) is 18.1. The number of fused-ring (bicyclic) bond motifs is 1. The fraction of sp³-hybridized carbons (Fsp3) is 0.474. The van der Waals surface area contributed by atoms with Gasteiger partial charge in [0.05, 0.1) is 13.2 Å². The Balaban J connectivity index is 1.47. The van der Waals surface area contributed by atoms with Gasteiger partial charge in [0.2, 0.25) is 0 Å². The van der Waals surface area contributed by atoms with Gasteiger partial charge in [-0.3, -0.25) is 14.6 Å². The van der Waals surface area contributed by atoms with E-state index < -0.39 is 12.0 Å². The third kappa shape index (κ3) is 3.20. The highest BCUT2D eigenvalue weighted by molar-refractivity contribution is 5.77. The minimum Gasteiger partial charge on any atom is -0.493 e. The van der Waals surface area contributed by atoms with Gasteiger partial charge in [-0.1, -0.05) is 18.2 Å². The summed E-state index contributed by atoms with van der Waals surface area (Å²) >= 11 is 0. The van der Waals surface area contributed by atoms with E-state index in [0.29, 0.717) is 19.7 Å². The lowest BCUT2D eigenvalue weighted by Gasteiger charge is -2.37. The first-order valence-electron chi connectivity index (χ1n) is 9.03. The predicted octanol–water partition coefficient (Wildman–Crippen LogP) is 1.30. The number of hydrogen-bond donors (Lipinski definition) is 1. The average Bonchev–Trinajstić information content (AvgIpc) is 3.26. The molecule has 1 fully saturated rings. The minimum absolute atomic E-state index is 0.635. The number of para-hydroxylation sites is 1. The molecule has 4 rings (SSSR count). The van der Waals surface area contributed by atoms with Gasteiger partial charge in [0.25, 0.3) is 0 Å². The van der Waals surface area contributed by atoms with Crippen molar-refractivity contribution < 1.29 is 14.6 Å². The monoisotopic (exact) mass is 356 g/mol. The number of carboxylic acid groups (broad SMARTS) is 1. The summed E-state index contributed by atoms with van der Waals surface area (Å²) in [4.78, 5) is 20.8. The number of nitrogens with zero attached hydrogens (tertiary/aromatic N) is 4. The molecule has 7 nitrogen and oxygen atoms in total. The van der Waals surface area contributed by atoms with Gasteiger partial charge in [0.15, 0.2) is 0 Å². The fourth-order valence-electron chi connectivity index (χ4n) is 3.87. The first kappa shape index (κ1) is 17.1. The van der Waals surface area contributed by atoms with E-state index in [2.05, 4.69) is 14.8 Å². The van der Waals surface area contributed by atoms with Crippen molar-refractivity contribution in [2.75, 3.05) is 32.8 Å². The molecule has 26 heavy (non-hydrogen) atoms. The standard InChI is InChI=1S/C19H24N4O3/c1-21-7-6-20-16(21)13-22-8-10-23(11-9-22)17(19(24)25)15-4-2-3-14-5-12-26-18(14)15/h2-4,6-7,17H,5,8-13H2,1H3,(H,24,25)/t17-/m0/s1. The lowest BCUT2D eigenvalue weighted by molar-refractivity contribution is -0.144. The SMILES string of the molecule is Cn1ccnc1CN1CCN([C@H](C(=O)O)c2cccc3c2OCC3)CC1. The summed E-state index contributed by atoms with van der Waals surface area (Å²) < 4.78 is 7.77. The second-order valence-electron chi connectivity index (χ2n) is 6.94. The van der Waals surface area contributed by atoms with Crippen LogP contribution >= 0.6 is 0 Å². The summed E-state index contributed by atoms with van der Waals surface area (Å²) in [6, 6.07) is 5.20. The van der Waals surface area contributed by atoms with E-state index in [4.69, 9.17) is 4.74 Å². The van der Waals surface area contributed by atoms with E-state index in [-0.39, 0.29) is 0 Å². The molecule has 1 aromatic carbocycles. The maximum absolute atomic E-state index is 12.1. The van der Waals surface area contributed by atoms with Crippen LogP contribution in [0.1, 0.15) is 23.0 Å². The molecule has 0 bridgehead atoms. The van der Waals surface area contributed by atoms with Crippen molar-refractivity contribution in [1.82, 2.24) is 19.4 Å². The van der Waals surface area contributed by atoms with Crippen molar-refractivity contribution >= 4 is 5.97 Å². The third-order valence-electron chi connectivity index (χ3n) is 5.33. The molecule has 2 aromatic rings. The summed E-state index contributed by atoms with van der Waals surface area (Å²) in [5.41, 5.74) is 1.90. The molecular formula is C19H24N4O3. The fourth-order valence-corrected chi connectivity index (χ4v) is 3.87. The number of imidazole rings is 1. The molecule has 7 heteroatoms. The van der Waals surface area contributed by atoms with Crippen molar-refractivity contribution in [1.29, 1.82) is 0 Å². The number of hydrogen-bond acceptors (Lipinski definition) is 5. The van der Waals surface area contributed by atoms with E-state index in [9.17, 15) is 9.90 Å². The number of carboxylic acids is 1. The molecule has 0 spiro atoms. The molecule has 2 aliphatic rings. The van der Waals surface area contributed by atoms with Gasteiger partial charge in [-0.05, 0) is 5.56 Å². The van der Waals surface area contributed by atoms with Crippen molar-refractivity contribution in [3.8, 4) is 5.75 Å². The molecule has 0 unspecified atom stereocenters.